The van der Waals surface area contributed by atoms with Crippen LogP contribution in [-0.2, 0) is 0 Å². The molecule has 178 valence electrons. The van der Waals surface area contributed by atoms with Gasteiger partial charge >= 0.3 is 0 Å². The topological polar surface area (TPSA) is 32.8 Å². The number of piperidine rings is 1. The molecule has 2 saturated heterocycles. The summed E-state index contributed by atoms with van der Waals surface area (Å²) in [5.41, 5.74) is 1.52. The summed E-state index contributed by atoms with van der Waals surface area (Å²) >= 11 is 0. The number of benzene rings is 2. The Kier molecular flexibility index (Phi) is 7.32. The number of rotatable bonds is 7. The zero-order valence-corrected chi connectivity index (χ0v) is 19.6. The molecule has 0 spiro atoms. The molecular weight excluding hydrogens is 422 g/mol. The lowest BCUT2D eigenvalue weighted by molar-refractivity contribution is 0.0782. The first-order valence-corrected chi connectivity index (χ1v) is 11.9. The van der Waals surface area contributed by atoms with E-state index in [2.05, 4.69) is 4.90 Å². The molecule has 1 amide bonds. The van der Waals surface area contributed by atoms with Crippen molar-refractivity contribution in [1.29, 1.82) is 0 Å². The minimum Gasteiger partial charge on any atom is -0.493 e. The van der Waals surface area contributed by atoms with Crippen LogP contribution in [-0.4, -0.2) is 66.9 Å². The Morgan fingerprint density at radius 3 is 2.12 bits per heavy atom. The summed E-state index contributed by atoms with van der Waals surface area (Å²) in [4.78, 5) is 16.3. The number of amides is 1. The zero-order chi connectivity index (χ0) is 23.4. The SMILES string of the molecule is CC(C)(F)CN1CCC(COc2ccc(-c3ccc(C(=O)N4CCC(F)C4)cc3)cc2)CC1. The van der Waals surface area contributed by atoms with E-state index >= 15 is 0 Å². The molecule has 2 aliphatic rings. The molecule has 6 heteroatoms. The molecule has 4 rings (SSSR count). The molecule has 4 nitrogen and oxygen atoms in total. The Labute approximate surface area is 195 Å². The largest absolute Gasteiger partial charge is 0.493 e. The summed E-state index contributed by atoms with van der Waals surface area (Å²) in [5.74, 6) is 1.23. The summed E-state index contributed by atoms with van der Waals surface area (Å²) < 4.78 is 33.2. The number of halogens is 2. The fourth-order valence-corrected chi connectivity index (χ4v) is 4.69. The van der Waals surface area contributed by atoms with Crippen LogP contribution in [0.1, 0.15) is 43.5 Å². The van der Waals surface area contributed by atoms with Crippen LogP contribution in [0.3, 0.4) is 0 Å². The number of alkyl halides is 2. The lowest BCUT2D eigenvalue weighted by Gasteiger charge is -2.34. The third kappa shape index (κ3) is 6.53. The molecular formula is C27H34F2N2O2. The van der Waals surface area contributed by atoms with E-state index in [1.807, 2.05) is 48.5 Å². The molecule has 2 aromatic carbocycles. The molecule has 0 saturated carbocycles. The van der Waals surface area contributed by atoms with Gasteiger partial charge in [-0.05, 0) is 87.5 Å². The summed E-state index contributed by atoms with van der Waals surface area (Å²) in [6, 6.07) is 15.5. The number of carbonyl (C=O) groups is 1. The number of ether oxygens (including phenoxy) is 1. The minimum atomic E-state index is -1.15. The van der Waals surface area contributed by atoms with Crippen molar-refractivity contribution >= 4 is 5.91 Å². The van der Waals surface area contributed by atoms with Crippen LogP contribution >= 0.6 is 0 Å². The van der Waals surface area contributed by atoms with Crippen LogP contribution in [0.15, 0.2) is 48.5 Å². The number of nitrogens with zero attached hydrogens (tertiary/aromatic N) is 2. The van der Waals surface area contributed by atoms with Gasteiger partial charge in [0.1, 0.15) is 17.6 Å². The van der Waals surface area contributed by atoms with Gasteiger partial charge in [0.05, 0.1) is 13.2 Å². The maximum atomic E-state index is 13.8. The Hall–Kier alpha value is -2.47. The van der Waals surface area contributed by atoms with E-state index in [0.29, 0.717) is 37.6 Å². The fourth-order valence-electron chi connectivity index (χ4n) is 4.69. The monoisotopic (exact) mass is 456 g/mol. The molecule has 1 atom stereocenters. The van der Waals surface area contributed by atoms with Gasteiger partial charge in [-0.1, -0.05) is 24.3 Å². The van der Waals surface area contributed by atoms with Gasteiger partial charge in [0, 0.05) is 18.7 Å². The Bertz CT molecular complexity index is 917. The summed E-state index contributed by atoms with van der Waals surface area (Å²) in [6.07, 6.45) is 1.58. The molecule has 0 aliphatic carbocycles. The Morgan fingerprint density at radius 1 is 0.970 bits per heavy atom. The fraction of sp³-hybridized carbons (Fsp3) is 0.519. The highest BCUT2D eigenvalue weighted by molar-refractivity contribution is 5.95. The number of carbonyl (C=O) groups excluding carboxylic acids is 1. The summed E-state index contributed by atoms with van der Waals surface area (Å²) in [7, 11) is 0. The number of hydrogen-bond donors (Lipinski definition) is 0. The van der Waals surface area contributed by atoms with E-state index in [9.17, 15) is 13.6 Å². The van der Waals surface area contributed by atoms with Gasteiger partial charge in [-0.25, -0.2) is 8.78 Å². The molecule has 0 N–H and O–H groups in total. The summed E-state index contributed by atoms with van der Waals surface area (Å²) in [5, 5.41) is 0. The number of hydrogen-bond acceptors (Lipinski definition) is 3. The van der Waals surface area contributed by atoms with Crippen molar-refractivity contribution in [3.8, 4) is 16.9 Å². The molecule has 0 aromatic heterocycles. The zero-order valence-electron chi connectivity index (χ0n) is 19.6. The van der Waals surface area contributed by atoms with Crippen LogP contribution in [0.4, 0.5) is 8.78 Å². The van der Waals surface area contributed by atoms with Gasteiger partial charge in [0.15, 0.2) is 0 Å². The van der Waals surface area contributed by atoms with Crippen molar-refractivity contribution in [2.24, 2.45) is 5.92 Å². The van der Waals surface area contributed by atoms with E-state index in [4.69, 9.17) is 4.74 Å². The predicted octanol–water partition coefficient (Wildman–Crippen LogP) is 5.38. The Balaban J connectivity index is 1.26. The third-order valence-electron chi connectivity index (χ3n) is 6.53. The van der Waals surface area contributed by atoms with Gasteiger partial charge < -0.3 is 14.5 Å². The lowest BCUT2D eigenvalue weighted by Crippen LogP contribution is -2.41. The van der Waals surface area contributed by atoms with Crippen molar-refractivity contribution < 1.29 is 18.3 Å². The number of likely N-dealkylation sites (tertiary alicyclic amines) is 2. The van der Waals surface area contributed by atoms with Gasteiger partial charge in [-0.3, -0.25) is 4.79 Å². The van der Waals surface area contributed by atoms with Gasteiger partial charge in [0.2, 0.25) is 0 Å². The Morgan fingerprint density at radius 2 is 1.58 bits per heavy atom. The molecule has 2 heterocycles. The standard InChI is InChI=1S/C27H34F2N2O2/c1-27(2,29)19-30-14-11-20(12-15-30)18-33-25-9-7-22(8-10-25)21-3-5-23(6-4-21)26(32)31-16-13-24(28)17-31/h3-10,20,24H,11-19H2,1-2H3. The maximum absolute atomic E-state index is 13.8. The lowest BCUT2D eigenvalue weighted by atomic mass is 9.97. The van der Waals surface area contributed by atoms with Crippen molar-refractivity contribution in [3.05, 3.63) is 54.1 Å². The third-order valence-corrected chi connectivity index (χ3v) is 6.53. The first kappa shape index (κ1) is 23.7. The first-order chi connectivity index (χ1) is 15.8. The predicted molar refractivity (Wildman–Crippen MR) is 127 cm³/mol. The summed E-state index contributed by atoms with van der Waals surface area (Å²) in [6.45, 7) is 6.96. The van der Waals surface area contributed by atoms with E-state index < -0.39 is 11.8 Å². The second-order valence-electron chi connectivity index (χ2n) is 9.99. The first-order valence-electron chi connectivity index (χ1n) is 11.9. The molecule has 0 radical (unpaired) electrons. The average molecular weight is 457 g/mol. The van der Waals surface area contributed by atoms with Gasteiger partial charge in [-0.15, -0.1) is 0 Å². The van der Waals surface area contributed by atoms with Crippen LogP contribution in [0.5, 0.6) is 5.75 Å². The molecule has 33 heavy (non-hydrogen) atoms. The van der Waals surface area contributed by atoms with Crippen LogP contribution in [0.25, 0.3) is 11.1 Å². The molecule has 2 aliphatic heterocycles. The maximum Gasteiger partial charge on any atom is 0.253 e. The van der Waals surface area contributed by atoms with Crippen LogP contribution in [0, 0.1) is 5.92 Å². The van der Waals surface area contributed by atoms with Crippen molar-refractivity contribution in [2.45, 2.75) is 45.0 Å². The second-order valence-corrected chi connectivity index (χ2v) is 9.99. The van der Waals surface area contributed by atoms with E-state index in [1.54, 1.807) is 18.7 Å². The highest BCUT2D eigenvalue weighted by atomic mass is 19.1. The highest BCUT2D eigenvalue weighted by Gasteiger charge is 2.27. The van der Waals surface area contributed by atoms with Crippen LogP contribution < -0.4 is 4.74 Å². The molecule has 0 bridgehead atoms. The van der Waals surface area contributed by atoms with Gasteiger partial charge in [-0.2, -0.15) is 0 Å². The quantitative estimate of drug-likeness (QED) is 0.561. The van der Waals surface area contributed by atoms with Crippen molar-refractivity contribution in [3.63, 3.8) is 0 Å². The van der Waals surface area contributed by atoms with Crippen molar-refractivity contribution in [1.82, 2.24) is 9.80 Å². The van der Waals surface area contributed by atoms with E-state index in [1.165, 1.54) is 0 Å². The highest BCUT2D eigenvalue weighted by Crippen LogP contribution is 2.26. The van der Waals surface area contributed by atoms with Gasteiger partial charge in [0.25, 0.3) is 5.91 Å². The second kappa shape index (κ2) is 10.2. The smallest absolute Gasteiger partial charge is 0.253 e. The molecule has 1 unspecified atom stereocenters. The molecule has 2 fully saturated rings. The average Bonchev–Trinajstić information content (AvgIpc) is 3.24. The van der Waals surface area contributed by atoms with E-state index in [0.717, 1.165) is 42.8 Å². The molecule has 2 aromatic rings. The normalized spacial score (nSPS) is 20.2. The van der Waals surface area contributed by atoms with E-state index in [-0.39, 0.29) is 12.5 Å². The van der Waals surface area contributed by atoms with Crippen LogP contribution in [0.2, 0.25) is 0 Å². The minimum absolute atomic E-state index is 0.107. The van der Waals surface area contributed by atoms with Crippen molar-refractivity contribution in [2.75, 3.05) is 39.3 Å².